The van der Waals surface area contributed by atoms with Gasteiger partial charge in [-0.3, -0.25) is 24.2 Å². The highest BCUT2D eigenvalue weighted by atomic mass is 16.5. The molecule has 1 heterocycles. The van der Waals surface area contributed by atoms with Crippen LogP contribution in [-0.4, -0.2) is 75.3 Å². The van der Waals surface area contributed by atoms with Gasteiger partial charge in [-0.2, -0.15) is 0 Å². The number of Topliss-reactive ketones (excluding diaryl/α,β-unsaturated/α-hetero) is 3. The predicted molar refractivity (Wildman–Crippen MR) is 152 cm³/mol. The van der Waals surface area contributed by atoms with Crippen molar-refractivity contribution < 1.29 is 53.5 Å². The average Bonchev–Trinajstić information content (AvgIpc) is 3.01. The molecule has 2 aromatic carbocycles. The maximum absolute atomic E-state index is 14.6. The molecule has 3 aliphatic carbocycles. The zero-order chi connectivity index (χ0) is 32.6. The van der Waals surface area contributed by atoms with Crippen LogP contribution < -0.4 is 10.5 Å². The number of nitrogens with zero attached hydrogens (tertiary/aromatic N) is 1. The van der Waals surface area contributed by atoms with E-state index in [1.165, 1.54) is 18.5 Å². The summed E-state index contributed by atoms with van der Waals surface area (Å²) in [6.07, 6.45) is 1.56. The number of carbonyl (C=O) groups excluding carboxylic acids is 5. The van der Waals surface area contributed by atoms with Crippen LogP contribution in [0.5, 0.6) is 11.5 Å². The van der Waals surface area contributed by atoms with E-state index < -0.39 is 80.1 Å². The lowest BCUT2D eigenvalue weighted by Gasteiger charge is -2.53. The van der Waals surface area contributed by atoms with Gasteiger partial charge in [0.25, 0.3) is 0 Å². The Balaban J connectivity index is 1.69. The smallest absolute Gasteiger partial charge is 0.341 e. The highest BCUT2D eigenvalue weighted by Crippen LogP contribution is 2.57. The molecule has 3 atom stereocenters. The number of aromatic hydroxyl groups is 1. The Morgan fingerprint density at radius 2 is 1.84 bits per heavy atom. The Morgan fingerprint density at radius 3 is 2.49 bits per heavy atom. The van der Waals surface area contributed by atoms with E-state index in [-0.39, 0.29) is 35.5 Å². The Hall–Kier alpha value is -5.24. The number of nitrogens with two attached hydrogens (primary N) is 1. The number of aromatic nitrogens is 1. The van der Waals surface area contributed by atoms with Crippen LogP contribution in [0.1, 0.15) is 74.0 Å². The fourth-order valence-corrected chi connectivity index (χ4v) is 6.63. The van der Waals surface area contributed by atoms with Gasteiger partial charge in [-0.15, -0.1) is 0 Å². The molecule has 0 spiro atoms. The molecule has 13 nitrogen and oxygen atoms in total. The number of rotatable bonds is 5. The standard InChI is InChI=1S/C32H26N2O11/c1-13-7-15-8-20(36)32(44-3)29(40)23-17(9-16-22(26(23)38)19(35)10-18(33)25(16)37)28(39)31(32,42)24(15)27(21(13)30(41)43-2)45-12-14-5-4-6-34-11-14/h4-7,9-11,20,36,38,42H,8,12,33H2,1-3H3/t20?,31-,32+/m0/s1. The fraction of sp³-hybridized carbons (Fsp3) is 0.250. The second kappa shape index (κ2) is 10.2. The summed E-state index contributed by atoms with van der Waals surface area (Å²) in [5.74, 6) is -6.53. The number of ketones is 4. The van der Waals surface area contributed by atoms with E-state index in [0.29, 0.717) is 11.1 Å². The van der Waals surface area contributed by atoms with Gasteiger partial charge in [0.15, 0.2) is 17.0 Å². The molecular weight excluding hydrogens is 588 g/mol. The number of aryl methyl sites for hydroxylation is 1. The van der Waals surface area contributed by atoms with Crippen molar-refractivity contribution in [3.05, 3.63) is 98.5 Å². The van der Waals surface area contributed by atoms with Gasteiger partial charge < -0.3 is 35.3 Å². The topological polar surface area (TPSA) is 213 Å². The van der Waals surface area contributed by atoms with Crippen LogP contribution in [0.3, 0.4) is 0 Å². The number of benzene rings is 2. The van der Waals surface area contributed by atoms with E-state index in [9.17, 15) is 39.3 Å². The number of esters is 1. The van der Waals surface area contributed by atoms with Crippen molar-refractivity contribution in [3.8, 4) is 11.5 Å². The summed E-state index contributed by atoms with van der Waals surface area (Å²) < 4.78 is 16.7. The number of ether oxygens (including phenoxy) is 3. The SMILES string of the molecule is COC(=O)c1c(C)cc2c(c1OCc1cccnc1)[C@]1(O)C(=O)c3cc4c(c(O)c3C(=O)[C@]1(OC)C(O)C2)C(=O)C=C(N)C4=O. The summed E-state index contributed by atoms with van der Waals surface area (Å²) in [5.41, 5.74) is -2.59. The molecule has 0 amide bonds. The van der Waals surface area contributed by atoms with E-state index in [4.69, 9.17) is 19.9 Å². The number of aliphatic hydroxyl groups excluding tert-OH is 1. The van der Waals surface area contributed by atoms with E-state index >= 15 is 0 Å². The van der Waals surface area contributed by atoms with Crippen molar-refractivity contribution in [1.29, 1.82) is 0 Å². The normalized spacial score (nSPS) is 23.4. The summed E-state index contributed by atoms with van der Waals surface area (Å²) in [6.45, 7) is 1.35. The lowest BCUT2D eigenvalue weighted by molar-refractivity contribution is -0.181. The Labute approximate surface area is 254 Å². The molecule has 6 rings (SSSR count). The van der Waals surface area contributed by atoms with E-state index in [1.807, 2.05) is 0 Å². The lowest BCUT2D eigenvalue weighted by atomic mass is 9.56. The van der Waals surface area contributed by atoms with Gasteiger partial charge in [0, 0.05) is 54.3 Å². The minimum atomic E-state index is -3.09. The largest absolute Gasteiger partial charge is 0.506 e. The van der Waals surface area contributed by atoms with Crippen LogP contribution in [0.15, 0.2) is 48.4 Å². The summed E-state index contributed by atoms with van der Waals surface area (Å²) in [5, 5.41) is 35.5. The molecule has 13 heteroatoms. The minimum Gasteiger partial charge on any atom is -0.506 e. The third-order valence-corrected chi connectivity index (χ3v) is 8.64. The number of fused-ring (bicyclic) bond motifs is 5. The molecule has 3 aromatic rings. The molecule has 5 N–H and O–H groups in total. The number of hydrogen-bond donors (Lipinski definition) is 4. The van der Waals surface area contributed by atoms with Crippen molar-refractivity contribution >= 4 is 29.1 Å². The van der Waals surface area contributed by atoms with Gasteiger partial charge in [-0.05, 0) is 30.2 Å². The molecule has 1 aromatic heterocycles. The van der Waals surface area contributed by atoms with Gasteiger partial charge in [-0.1, -0.05) is 12.1 Å². The van der Waals surface area contributed by atoms with Gasteiger partial charge in [0.1, 0.15) is 23.7 Å². The Kier molecular flexibility index (Phi) is 6.73. The molecule has 230 valence electrons. The van der Waals surface area contributed by atoms with E-state index in [0.717, 1.165) is 26.4 Å². The Morgan fingerprint density at radius 1 is 1.11 bits per heavy atom. The number of phenolic OH excluding ortho intramolecular Hbond substituents is 1. The maximum atomic E-state index is 14.6. The Bertz CT molecular complexity index is 1920. The maximum Gasteiger partial charge on any atom is 0.341 e. The highest BCUT2D eigenvalue weighted by molar-refractivity contribution is 6.30. The summed E-state index contributed by atoms with van der Waals surface area (Å²) in [6, 6.07) is 5.67. The first-order valence-corrected chi connectivity index (χ1v) is 13.6. The van der Waals surface area contributed by atoms with Crippen LogP contribution >= 0.6 is 0 Å². The van der Waals surface area contributed by atoms with Gasteiger partial charge in [-0.25, -0.2) is 4.79 Å². The zero-order valence-corrected chi connectivity index (χ0v) is 24.2. The number of phenols is 1. The fourth-order valence-electron chi connectivity index (χ4n) is 6.63. The monoisotopic (exact) mass is 614 g/mol. The van der Waals surface area contributed by atoms with E-state index in [1.54, 1.807) is 19.1 Å². The molecule has 0 saturated carbocycles. The van der Waals surface area contributed by atoms with Crippen molar-refractivity contribution in [2.45, 2.75) is 37.3 Å². The van der Waals surface area contributed by atoms with Crippen LogP contribution in [0.2, 0.25) is 0 Å². The molecule has 0 fully saturated rings. The zero-order valence-electron chi connectivity index (χ0n) is 24.2. The van der Waals surface area contributed by atoms with Crippen LogP contribution in [0.25, 0.3) is 0 Å². The number of aliphatic hydroxyl groups is 2. The predicted octanol–water partition coefficient (Wildman–Crippen LogP) is 1.25. The lowest BCUT2D eigenvalue weighted by Crippen LogP contribution is -2.73. The first kappa shape index (κ1) is 29.8. The van der Waals surface area contributed by atoms with Gasteiger partial charge >= 0.3 is 5.97 Å². The number of carbonyl (C=O) groups is 5. The third kappa shape index (κ3) is 3.78. The second-order valence-corrected chi connectivity index (χ2v) is 11.0. The third-order valence-electron chi connectivity index (χ3n) is 8.64. The molecule has 3 aliphatic rings. The number of methoxy groups -OCH3 is 2. The summed E-state index contributed by atoms with van der Waals surface area (Å²) in [4.78, 5) is 72.0. The summed E-state index contributed by atoms with van der Waals surface area (Å²) >= 11 is 0. The van der Waals surface area contributed by atoms with Crippen LogP contribution in [-0.2, 0) is 28.1 Å². The molecule has 0 aliphatic heterocycles. The second-order valence-electron chi connectivity index (χ2n) is 11.0. The molecule has 0 radical (unpaired) electrons. The molecule has 0 saturated heterocycles. The number of allylic oxidation sites excluding steroid dienone is 2. The quantitative estimate of drug-likeness (QED) is 0.298. The first-order chi connectivity index (χ1) is 21.3. The number of pyridine rings is 1. The molecule has 0 bridgehead atoms. The van der Waals surface area contributed by atoms with Gasteiger partial charge in [0.2, 0.25) is 17.3 Å². The number of hydrogen-bond acceptors (Lipinski definition) is 13. The average molecular weight is 615 g/mol. The van der Waals surface area contributed by atoms with Crippen molar-refractivity contribution in [2.24, 2.45) is 5.73 Å². The molecule has 45 heavy (non-hydrogen) atoms. The minimum absolute atomic E-state index is 0.147. The molecular formula is C32H26N2O11. The van der Waals surface area contributed by atoms with Crippen molar-refractivity contribution in [2.75, 3.05) is 14.2 Å². The van der Waals surface area contributed by atoms with Crippen molar-refractivity contribution in [1.82, 2.24) is 4.98 Å². The highest BCUT2D eigenvalue weighted by Gasteiger charge is 2.72. The van der Waals surface area contributed by atoms with Crippen LogP contribution in [0, 0.1) is 6.92 Å². The molecule has 1 unspecified atom stereocenters. The van der Waals surface area contributed by atoms with Crippen LogP contribution in [0.4, 0.5) is 0 Å². The van der Waals surface area contributed by atoms with Crippen molar-refractivity contribution in [3.63, 3.8) is 0 Å². The first-order valence-electron chi connectivity index (χ1n) is 13.6. The van der Waals surface area contributed by atoms with E-state index in [2.05, 4.69) is 4.98 Å². The summed E-state index contributed by atoms with van der Waals surface area (Å²) in [7, 11) is 2.11. The van der Waals surface area contributed by atoms with Gasteiger partial charge in [0.05, 0.1) is 30.0 Å².